The Bertz CT molecular complexity index is 768. The molecule has 0 heterocycles. The van der Waals surface area contributed by atoms with Crippen molar-refractivity contribution in [3.63, 3.8) is 0 Å². The molecule has 2 rings (SSSR count). The van der Waals surface area contributed by atoms with Gasteiger partial charge in [0.1, 0.15) is 0 Å². The lowest BCUT2D eigenvalue weighted by molar-refractivity contribution is -0.111. The van der Waals surface area contributed by atoms with Gasteiger partial charge in [-0.15, -0.1) is 0 Å². The van der Waals surface area contributed by atoms with E-state index in [0.29, 0.717) is 12.4 Å². The number of hydrogen-bond acceptors (Lipinski definition) is 3. The average Bonchev–Trinajstić information content (AvgIpc) is 2.66. The number of hydrogen-bond donors (Lipinski definition) is 1. The molecule has 0 aromatic heterocycles. The second kappa shape index (κ2) is 11.1. The Morgan fingerprint density at radius 2 is 1.93 bits per heavy atom. The third-order valence-electron chi connectivity index (χ3n) is 4.16. The number of anilines is 1. The zero-order valence-electron chi connectivity index (χ0n) is 16.5. The van der Waals surface area contributed by atoms with Gasteiger partial charge in [-0.3, -0.25) is 4.79 Å². The standard InChI is InChI=1S/C23H29NO3/c1-4-5-6-7-15-27-21-13-11-19(17-22(21)26-3)12-14-23(25)24-20-10-8-9-18(2)16-20/h8-14,16-17H,4-7,15H2,1-3H3,(H,24,25)/b14-12+. The van der Waals surface area contributed by atoms with Crippen LogP contribution < -0.4 is 14.8 Å². The SMILES string of the molecule is CCCCCCOc1ccc(/C=C/C(=O)Nc2cccc(C)c2)cc1OC. The summed E-state index contributed by atoms with van der Waals surface area (Å²) in [6, 6.07) is 13.4. The van der Waals surface area contributed by atoms with E-state index in [1.54, 1.807) is 13.2 Å². The lowest BCUT2D eigenvalue weighted by Crippen LogP contribution is -2.07. The third kappa shape index (κ3) is 7.18. The number of nitrogens with one attached hydrogen (secondary N) is 1. The Hall–Kier alpha value is -2.75. The van der Waals surface area contributed by atoms with Crippen LogP contribution in [0.25, 0.3) is 6.08 Å². The van der Waals surface area contributed by atoms with E-state index in [9.17, 15) is 4.79 Å². The van der Waals surface area contributed by atoms with Crippen LogP contribution in [-0.4, -0.2) is 19.6 Å². The molecule has 27 heavy (non-hydrogen) atoms. The molecule has 2 aromatic carbocycles. The Morgan fingerprint density at radius 1 is 1.07 bits per heavy atom. The van der Waals surface area contributed by atoms with Gasteiger partial charge in [0, 0.05) is 11.8 Å². The van der Waals surface area contributed by atoms with E-state index in [2.05, 4.69) is 12.2 Å². The molecule has 0 saturated heterocycles. The van der Waals surface area contributed by atoms with Crippen molar-refractivity contribution in [3.8, 4) is 11.5 Å². The molecule has 0 aliphatic heterocycles. The number of unbranched alkanes of at least 4 members (excludes halogenated alkanes) is 3. The third-order valence-corrected chi connectivity index (χ3v) is 4.16. The molecule has 0 radical (unpaired) electrons. The van der Waals surface area contributed by atoms with E-state index in [0.717, 1.165) is 29.0 Å². The van der Waals surface area contributed by atoms with Crippen LogP contribution >= 0.6 is 0 Å². The molecule has 2 aromatic rings. The number of amides is 1. The Balaban J connectivity index is 1.93. The molecule has 144 valence electrons. The smallest absolute Gasteiger partial charge is 0.248 e. The number of benzene rings is 2. The minimum Gasteiger partial charge on any atom is -0.493 e. The van der Waals surface area contributed by atoms with Crippen molar-refractivity contribution in [2.45, 2.75) is 39.5 Å². The fraction of sp³-hybridized carbons (Fsp3) is 0.348. The summed E-state index contributed by atoms with van der Waals surface area (Å²) in [7, 11) is 1.62. The number of rotatable bonds is 10. The van der Waals surface area contributed by atoms with Crippen molar-refractivity contribution in [2.24, 2.45) is 0 Å². The fourth-order valence-electron chi connectivity index (χ4n) is 2.70. The summed E-state index contributed by atoms with van der Waals surface area (Å²) in [5.41, 5.74) is 2.77. The van der Waals surface area contributed by atoms with Gasteiger partial charge in [-0.1, -0.05) is 44.4 Å². The topological polar surface area (TPSA) is 47.6 Å². The molecule has 0 fully saturated rings. The van der Waals surface area contributed by atoms with Crippen molar-refractivity contribution in [1.29, 1.82) is 0 Å². The minimum absolute atomic E-state index is 0.171. The van der Waals surface area contributed by atoms with Crippen LogP contribution in [0.5, 0.6) is 11.5 Å². The molecule has 0 unspecified atom stereocenters. The first-order valence-electron chi connectivity index (χ1n) is 9.49. The lowest BCUT2D eigenvalue weighted by atomic mass is 10.1. The Morgan fingerprint density at radius 3 is 2.67 bits per heavy atom. The summed E-state index contributed by atoms with van der Waals surface area (Å²) in [4.78, 5) is 12.1. The molecule has 0 aliphatic rings. The quantitative estimate of drug-likeness (QED) is 0.438. The molecule has 1 N–H and O–H groups in total. The number of carbonyl (C=O) groups excluding carboxylic acids is 1. The summed E-state index contributed by atoms with van der Waals surface area (Å²) in [5, 5.41) is 2.86. The molecule has 4 heteroatoms. The van der Waals surface area contributed by atoms with E-state index in [1.807, 2.05) is 49.4 Å². The van der Waals surface area contributed by atoms with Gasteiger partial charge in [-0.25, -0.2) is 0 Å². The molecule has 4 nitrogen and oxygen atoms in total. The highest BCUT2D eigenvalue weighted by Crippen LogP contribution is 2.28. The second-order valence-corrected chi connectivity index (χ2v) is 6.51. The van der Waals surface area contributed by atoms with Crippen LogP contribution in [0.4, 0.5) is 5.69 Å². The van der Waals surface area contributed by atoms with Crippen molar-refractivity contribution in [2.75, 3.05) is 19.0 Å². The maximum Gasteiger partial charge on any atom is 0.248 e. The first-order chi connectivity index (χ1) is 13.1. The monoisotopic (exact) mass is 367 g/mol. The number of aryl methyl sites for hydroxylation is 1. The van der Waals surface area contributed by atoms with E-state index in [4.69, 9.17) is 9.47 Å². The van der Waals surface area contributed by atoms with E-state index >= 15 is 0 Å². The molecule has 0 bridgehead atoms. The number of methoxy groups -OCH3 is 1. The predicted octanol–water partition coefficient (Wildman–Crippen LogP) is 5.61. The molecule has 0 spiro atoms. The zero-order valence-corrected chi connectivity index (χ0v) is 16.5. The summed E-state index contributed by atoms with van der Waals surface area (Å²) in [6.45, 7) is 4.87. The van der Waals surface area contributed by atoms with Gasteiger partial charge in [0.25, 0.3) is 0 Å². The Kier molecular flexibility index (Phi) is 8.43. The van der Waals surface area contributed by atoms with Crippen LogP contribution in [0.15, 0.2) is 48.5 Å². The maximum atomic E-state index is 12.1. The number of carbonyl (C=O) groups is 1. The van der Waals surface area contributed by atoms with E-state index in [-0.39, 0.29) is 5.91 Å². The summed E-state index contributed by atoms with van der Waals surface area (Å²) in [5.74, 6) is 1.23. The van der Waals surface area contributed by atoms with Crippen molar-refractivity contribution in [3.05, 3.63) is 59.7 Å². The fourth-order valence-corrected chi connectivity index (χ4v) is 2.70. The molecule has 0 saturated carbocycles. The van der Waals surface area contributed by atoms with Gasteiger partial charge in [-0.05, 0) is 54.8 Å². The van der Waals surface area contributed by atoms with Gasteiger partial charge in [0.15, 0.2) is 11.5 Å². The van der Waals surface area contributed by atoms with Gasteiger partial charge < -0.3 is 14.8 Å². The van der Waals surface area contributed by atoms with Gasteiger partial charge in [0.05, 0.1) is 13.7 Å². The molecule has 1 amide bonds. The van der Waals surface area contributed by atoms with E-state index in [1.165, 1.54) is 25.3 Å². The van der Waals surface area contributed by atoms with Crippen LogP contribution in [0.3, 0.4) is 0 Å². The van der Waals surface area contributed by atoms with Gasteiger partial charge in [-0.2, -0.15) is 0 Å². The normalized spacial score (nSPS) is 10.8. The van der Waals surface area contributed by atoms with Gasteiger partial charge >= 0.3 is 0 Å². The molecular formula is C23H29NO3. The molecule has 0 aliphatic carbocycles. The average molecular weight is 367 g/mol. The van der Waals surface area contributed by atoms with Crippen LogP contribution in [0.2, 0.25) is 0 Å². The van der Waals surface area contributed by atoms with Crippen LogP contribution in [0, 0.1) is 6.92 Å². The highest BCUT2D eigenvalue weighted by atomic mass is 16.5. The van der Waals surface area contributed by atoms with E-state index < -0.39 is 0 Å². The first kappa shape index (κ1) is 20.6. The zero-order chi connectivity index (χ0) is 19.5. The summed E-state index contributed by atoms with van der Waals surface area (Å²) >= 11 is 0. The highest BCUT2D eigenvalue weighted by Gasteiger charge is 2.05. The van der Waals surface area contributed by atoms with Gasteiger partial charge in [0.2, 0.25) is 5.91 Å². The second-order valence-electron chi connectivity index (χ2n) is 6.51. The Labute approximate surface area is 162 Å². The number of ether oxygens (including phenoxy) is 2. The van der Waals surface area contributed by atoms with Crippen molar-refractivity contribution < 1.29 is 14.3 Å². The van der Waals surface area contributed by atoms with Crippen molar-refractivity contribution >= 4 is 17.7 Å². The summed E-state index contributed by atoms with van der Waals surface area (Å²) in [6.07, 6.45) is 7.94. The summed E-state index contributed by atoms with van der Waals surface area (Å²) < 4.78 is 11.2. The molecular weight excluding hydrogens is 338 g/mol. The first-order valence-corrected chi connectivity index (χ1v) is 9.49. The lowest BCUT2D eigenvalue weighted by Gasteiger charge is -2.11. The highest BCUT2D eigenvalue weighted by molar-refractivity contribution is 6.02. The largest absolute Gasteiger partial charge is 0.493 e. The van der Waals surface area contributed by atoms with Crippen LogP contribution in [0.1, 0.15) is 43.7 Å². The minimum atomic E-state index is -0.171. The molecule has 0 atom stereocenters. The predicted molar refractivity (Wildman–Crippen MR) is 111 cm³/mol. The van der Waals surface area contributed by atoms with Crippen molar-refractivity contribution in [1.82, 2.24) is 0 Å². The van der Waals surface area contributed by atoms with Crippen LogP contribution in [-0.2, 0) is 4.79 Å². The maximum absolute atomic E-state index is 12.1.